The van der Waals surface area contributed by atoms with Gasteiger partial charge in [-0.3, -0.25) is 19.6 Å². The molecule has 0 radical (unpaired) electrons. The van der Waals surface area contributed by atoms with E-state index in [4.69, 9.17) is 11.6 Å². The lowest BCUT2D eigenvalue weighted by molar-refractivity contribution is -0.385. The molecule has 0 bridgehead atoms. The van der Waals surface area contributed by atoms with Gasteiger partial charge in [0.15, 0.2) is 6.29 Å². The van der Waals surface area contributed by atoms with Crippen LogP contribution in [0.4, 0.5) is 5.69 Å². The van der Waals surface area contributed by atoms with E-state index < -0.39 is 4.92 Å². The van der Waals surface area contributed by atoms with Crippen LogP contribution in [0.5, 0.6) is 0 Å². The van der Waals surface area contributed by atoms with Gasteiger partial charge < -0.3 is 0 Å². The Kier molecular flexibility index (Phi) is 3.85. The normalized spacial score (nSPS) is 10.6. The zero-order valence-corrected chi connectivity index (χ0v) is 11.7. The molecule has 0 aliphatic rings. The van der Waals surface area contributed by atoms with Crippen LogP contribution in [0.1, 0.15) is 27.3 Å². The molecular formula is C13H12ClN3O3. The summed E-state index contributed by atoms with van der Waals surface area (Å²) in [5.74, 6) is 0. The van der Waals surface area contributed by atoms with Crippen LogP contribution in [0.15, 0.2) is 18.2 Å². The number of nitro benzene ring substituents is 1. The van der Waals surface area contributed by atoms with E-state index in [0.717, 1.165) is 6.29 Å². The number of aryl methyl sites for hydroxylation is 1. The summed E-state index contributed by atoms with van der Waals surface area (Å²) in [5, 5.41) is 15.7. The van der Waals surface area contributed by atoms with Gasteiger partial charge in [0.2, 0.25) is 0 Å². The van der Waals surface area contributed by atoms with Gasteiger partial charge in [0.05, 0.1) is 28.3 Å². The largest absolute Gasteiger partial charge is 0.298 e. The minimum atomic E-state index is -0.460. The van der Waals surface area contributed by atoms with Crippen molar-refractivity contribution >= 4 is 23.6 Å². The Morgan fingerprint density at radius 3 is 2.70 bits per heavy atom. The smallest absolute Gasteiger partial charge is 0.274 e. The maximum Gasteiger partial charge on any atom is 0.274 e. The summed E-state index contributed by atoms with van der Waals surface area (Å²) in [5.41, 5.74) is 2.21. The summed E-state index contributed by atoms with van der Waals surface area (Å²) in [6.07, 6.45) is 0.737. The second-order valence-electron chi connectivity index (χ2n) is 4.39. The molecule has 0 N–H and O–H groups in total. The molecule has 20 heavy (non-hydrogen) atoms. The standard InChI is InChI=1S/C13H12ClN3O3/c1-8-12(7-18)9(2)16(15-8)6-10-5-11(14)3-4-13(10)17(19)20/h3-5,7H,6H2,1-2H3. The van der Waals surface area contributed by atoms with Crippen molar-refractivity contribution < 1.29 is 9.72 Å². The first-order valence-corrected chi connectivity index (χ1v) is 6.24. The van der Waals surface area contributed by atoms with Crippen molar-refractivity contribution in [3.05, 3.63) is 55.9 Å². The van der Waals surface area contributed by atoms with E-state index in [-0.39, 0.29) is 12.2 Å². The summed E-state index contributed by atoms with van der Waals surface area (Å²) < 4.78 is 1.57. The van der Waals surface area contributed by atoms with Gasteiger partial charge in [0, 0.05) is 16.8 Å². The van der Waals surface area contributed by atoms with Crippen molar-refractivity contribution in [1.82, 2.24) is 9.78 Å². The molecule has 2 aromatic rings. The Morgan fingerprint density at radius 1 is 1.45 bits per heavy atom. The molecule has 0 atom stereocenters. The molecule has 0 saturated heterocycles. The molecule has 2 rings (SSSR count). The molecule has 1 heterocycles. The van der Waals surface area contributed by atoms with E-state index in [0.29, 0.717) is 27.5 Å². The van der Waals surface area contributed by atoms with Crippen LogP contribution in [0, 0.1) is 24.0 Å². The summed E-state index contributed by atoms with van der Waals surface area (Å²) in [4.78, 5) is 21.5. The lowest BCUT2D eigenvalue weighted by Crippen LogP contribution is -2.06. The van der Waals surface area contributed by atoms with Gasteiger partial charge in [-0.05, 0) is 26.0 Å². The number of nitro groups is 1. The van der Waals surface area contributed by atoms with E-state index in [1.54, 1.807) is 18.5 Å². The Balaban J connectivity index is 2.47. The zero-order chi connectivity index (χ0) is 14.9. The number of carbonyl (C=O) groups is 1. The number of aromatic nitrogens is 2. The van der Waals surface area contributed by atoms with E-state index in [9.17, 15) is 14.9 Å². The number of benzene rings is 1. The molecule has 104 valence electrons. The SMILES string of the molecule is Cc1nn(Cc2cc(Cl)ccc2[N+](=O)[O-])c(C)c1C=O. The monoisotopic (exact) mass is 293 g/mol. The van der Waals surface area contributed by atoms with Gasteiger partial charge in [0.25, 0.3) is 5.69 Å². The van der Waals surface area contributed by atoms with Crippen LogP contribution in [-0.4, -0.2) is 21.0 Å². The zero-order valence-electron chi connectivity index (χ0n) is 11.0. The van der Waals surface area contributed by atoms with Gasteiger partial charge in [-0.15, -0.1) is 0 Å². The predicted molar refractivity (Wildman–Crippen MR) is 74.3 cm³/mol. The molecule has 0 aliphatic heterocycles. The van der Waals surface area contributed by atoms with Crippen molar-refractivity contribution in [2.75, 3.05) is 0 Å². The van der Waals surface area contributed by atoms with Crippen molar-refractivity contribution in [1.29, 1.82) is 0 Å². The number of hydrogen-bond acceptors (Lipinski definition) is 4. The first-order chi connectivity index (χ1) is 9.43. The first kappa shape index (κ1) is 14.2. The topological polar surface area (TPSA) is 78.0 Å². The highest BCUT2D eigenvalue weighted by Gasteiger charge is 2.17. The quantitative estimate of drug-likeness (QED) is 0.493. The van der Waals surface area contributed by atoms with Gasteiger partial charge in [-0.2, -0.15) is 5.10 Å². The Bertz CT molecular complexity index is 694. The minimum absolute atomic E-state index is 0.0189. The average molecular weight is 294 g/mol. The van der Waals surface area contributed by atoms with Crippen molar-refractivity contribution in [3.63, 3.8) is 0 Å². The Hall–Kier alpha value is -2.21. The molecule has 0 amide bonds. The fourth-order valence-electron chi connectivity index (χ4n) is 2.06. The highest BCUT2D eigenvalue weighted by Crippen LogP contribution is 2.24. The third-order valence-corrected chi connectivity index (χ3v) is 3.35. The lowest BCUT2D eigenvalue weighted by atomic mass is 10.1. The summed E-state index contributed by atoms with van der Waals surface area (Å²) in [6, 6.07) is 4.38. The summed E-state index contributed by atoms with van der Waals surface area (Å²) in [6.45, 7) is 3.66. The second-order valence-corrected chi connectivity index (χ2v) is 4.83. The summed E-state index contributed by atoms with van der Waals surface area (Å²) in [7, 11) is 0. The van der Waals surface area contributed by atoms with Crippen LogP contribution in [0.3, 0.4) is 0 Å². The molecule has 6 nitrogen and oxygen atoms in total. The number of rotatable bonds is 4. The van der Waals surface area contributed by atoms with Crippen LogP contribution in [0.2, 0.25) is 5.02 Å². The van der Waals surface area contributed by atoms with Crippen LogP contribution in [0.25, 0.3) is 0 Å². The molecule has 0 saturated carbocycles. The lowest BCUT2D eigenvalue weighted by Gasteiger charge is -2.06. The van der Waals surface area contributed by atoms with Crippen molar-refractivity contribution in [2.24, 2.45) is 0 Å². The molecule has 0 fully saturated rings. The minimum Gasteiger partial charge on any atom is -0.298 e. The molecular weight excluding hydrogens is 282 g/mol. The van der Waals surface area contributed by atoms with Crippen molar-refractivity contribution in [3.8, 4) is 0 Å². The molecule has 0 unspecified atom stereocenters. The number of hydrogen-bond donors (Lipinski definition) is 0. The maximum atomic E-state index is 11.0. The first-order valence-electron chi connectivity index (χ1n) is 5.86. The maximum absolute atomic E-state index is 11.0. The Labute approximate surface area is 120 Å². The van der Waals surface area contributed by atoms with Gasteiger partial charge in [-0.25, -0.2) is 0 Å². The highest BCUT2D eigenvalue weighted by atomic mass is 35.5. The average Bonchev–Trinajstić information content (AvgIpc) is 2.63. The molecule has 1 aromatic heterocycles. The molecule has 1 aromatic carbocycles. The number of carbonyl (C=O) groups excluding carboxylic acids is 1. The van der Waals surface area contributed by atoms with E-state index in [2.05, 4.69) is 5.10 Å². The van der Waals surface area contributed by atoms with Gasteiger partial charge in [0.1, 0.15) is 0 Å². The number of nitrogens with zero attached hydrogens (tertiary/aromatic N) is 3. The number of aldehydes is 1. The molecule has 7 heteroatoms. The fourth-order valence-corrected chi connectivity index (χ4v) is 2.25. The van der Waals surface area contributed by atoms with Crippen LogP contribution < -0.4 is 0 Å². The second kappa shape index (κ2) is 5.42. The molecule has 0 spiro atoms. The highest BCUT2D eigenvalue weighted by molar-refractivity contribution is 6.30. The number of halogens is 1. The van der Waals surface area contributed by atoms with E-state index in [1.807, 2.05) is 0 Å². The van der Waals surface area contributed by atoms with E-state index >= 15 is 0 Å². The van der Waals surface area contributed by atoms with Crippen molar-refractivity contribution in [2.45, 2.75) is 20.4 Å². The predicted octanol–water partition coefficient (Wildman–Crippen LogP) is 2.92. The molecule has 0 aliphatic carbocycles. The van der Waals surface area contributed by atoms with E-state index in [1.165, 1.54) is 18.2 Å². The van der Waals surface area contributed by atoms with Gasteiger partial charge in [-0.1, -0.05) is 11.6 Å². The van der Waals surface area contributed by atoms with Gasteiger partial charge >= 0.3 is 0 Å². The third-order valence-electron chi connectivity index (χ3n) is 3.11. The van der Waals surface area contributed by atoms with Crippen LogP contribution >= 0.6 is 11.6 Å². The fraction of sp³-hybridized carbons (Fsp3) is 0.231. The third kappa shape index (κ3) is 2.55. The van der Waals surface area contributed by atoms with Crippen LogP contribution in [-0.2, 0) is 6.54 Å². The Morgan fingerprint density at radius 2 is 2.15 bits per heavy atom. The summed E-state index contributed by atoms with van der Waals surface area (Å²) >= 11 is 5.88.